The van der Waals surface area contributed by atoms with Crippen molar-refractivity contribution in [2.24, 2.45) is 7.05 Å². The second kappa shape index (κ2) is 6.12. The number of pyridine rings is 1. The lowest BCUT2D eigenvalue weighted by Gasteiger charge is -2.22. The van der Waals surface area contributed by atoms with Gasteiger partial charge in [0.1, 0.15) is 0 Å². The maximum atomic E-state index is 4.53. The molecule has 114 valence electrons. The van der Waals surface area contributed by atoms with Crippen LogP contribution in [0.2, 0.25) is 0 Å². The number of rotatable bonds is 5. The average molecular weight is 287 g/mol. The molecule has 1 fully saturated rings. The average Bonchev–Trinajstić information content (AvgIpc) is 3.04. The summed E-state index contributed by atoms with van der Waals surface area (Å²) >= 11 is 0. The molecule has 0 aromatic carbocycles. The quantitative estimate of drug-likeness (QED) is 0.911. The van der Waals surface area contributed by atoms with Crippen molar-refractivity contribution < 1.29 is 0 Å². The maximum absolute atomic E-state index is 4.53. The van der Waals surface area contributed by atoms with Crippen LogP contribution in [0.1, 0.15) is 31.0 Å². The van der Waals surface area contributed by atoms with Crippen molar-refractivity contribution in [3.63, 3.8) is 0 Å². The van der Waals surface area contributed by atoms with E-state index >= 15 is 0 Å². The number of likely N-dealkylation sites (tertiary alicyclic amines) is 1. The largest absolute Gasteiger partial charge is 0.311 e. The molecule has 3 rings (SSSR count). The molecule has 2 aromatic rings. The maximum Gasteiger partial charge on any atom is 0.157 e. The van der Waals surface area contributed by atoms with Gasteiger partial charge in [-0.1, -0.05) is 6.92 Å². The summed E-state index contributed by atoms with van der Waals surface area (Å²) in [6.45, 7) is 8.66. The molecular formula is C16H25N5. The Morgan fingerprint density at radius 2 is 2.29 bits per heavy atom. The minimum atomic E-state index is 0.701. The third-order valence-electron chi connectivity index (χ3n) is 4.53. The van der Waals surface area contributed by atoms with Gasteiger partial charge in [0.15, 0.2) is 5.65 Å². The predicted octanol–water partition coefficient (Wildman–Crippen LogP) is 1.85. The van der Waals surface area contributed by atoms with Gasteiger partial charge >= 0.3 is 0 Å². The zero-order chi connectivity index (χ0) is 14.8. The molecule has 5 nitrogen and oxygen atoms in total. The lowest BCUT2D eigenvalue weighted by Crippen LogP contribution is -2.37. The van der Waals surface area contributed by atoms with E-state index in [1.807, 2.05) is 24.9 Å². The lowest BCUT2D eigenvalue weighted by molar-refractivity contribution is 0.260. The van der Waals surface area contributed by atoms with E-state index in [0.29, 0.717) is 6.04 Å². The third kappa shape index (κ3) is 2.94. The van der Waals surface area contributed by atoms with Crippen LogP contribution in [-0.2, 0) is 13.6 Å². The van der Waals surface area contributed by atoms with E-state index in [4.69, 9.17) is 0 Å². The van der Waals surface area contributed by atoms with Crippen LogP contribution < -0.4 is 5.32 Å². The van der Waals surface area contributed by atoms with Crippen molar-refractivity contribution in [1.29, 1.82) is 0 Å². The lowest BCUT2D eigenvalue weighted by atomic mass is 10.2. The first kappa shape index (κ1) is 14.5. The van der Waals surface area contributed by atoms with E-state index in [2.05, 4.69) is 33.3 Å². The van der Waals surface area contributed by atoms with Crippen LogP contribution in [0.25, 0.3) is 11.0 Å². The van der Waals surface area contributed by atoms with Crippen molar-refractivity contribution in [3.8, 4) is 0 Å². The minimum Gasteiger partial charge on any atom is -0.311 e. The Labute approximate surface area is 126 Å². The molecule has 1 N–H and O–H groups in total. The molecule has 0 aliphatic carbocycles. The van der Waals surface area contributed by atoms with Crippen LogP contribution in [0.5, 0.6) is 0 Å². The zero-order valence-corrected chi connectivity index (χ0v) is 13.3. The highest BCUT2D eigenvalue weighted by molar-refractivity contribution is 5.78. The van der Waals surface area contributed by atoms with Gasteiger partial charge in [-0.3, -0.25) is 9.58 Å². The topological polar surface area (TPSA) is 46.0 Å². The molecule has 0 saturated carbocycles. The number of likely N-dealkylation sites (N-methyl/N-ethyl adjacent to an activating group) is 1. The Bertz CT molecular complexity index is 618. The molecule has 1 aliphatic heterocycles. The summed E-state index contributed by atoms with van der Waals surface area (Å²) in [6, 6.07) is 2.91. The molecule has 0 bridgehead atoms. The molecule has 21 heavy (non-hydrogen) atoms. The summed E-state index contributed by atoms with van der Waals surface area (Å²) in [5.74, 6) is 0. The second-order valence-corrected chi connectivity index (χ2v) is 5.98. The number of hydrogen-bond donors (Lipinski definition) is 1. The highest BCUT2D eigenvalue weighted by Gasteiger charge is 2.22. The monoisotopic (exact) mass is 287 g/mol. The van der Waals surface area contributed by atoms with Gasteiger partial charge < -0.3 is 5.32 Å². The van der Waals surface area contributed by atoms with E-state index in [-0.39, 0.29) is 0 Å². The van der Waals surface area contributed by atoms with Gasteiger partial charge in [0.05, 0.1) is 5.69 Å². The van der Waals surface area contributed by atoms with Crippen molar-refractivity contribution in [3.05, 3.63) is 23.5 Å². The van der Waals surface area contributed by atoms with Gasteiger partial charge in [-0.15, -0.1) is 0 Å². The van der Waals surface area contributed by atoms with Crippen molar-refractivity contribution in [1.82, 2.24) is 25.0 Å². The summed E-state index contributed by atoms with van der Waals surface area (Å²) in [4.78, 5) is 7.10. The van der Waals surface area contributed by atoms with Crippen LogP contribution in [-0.4, -0.2) is 45.3 Å². The van der Waals surface area contributed by atoms with Gasteiger partial charge in [-0.05, 0) is 44.5 Å². The fraction of sp³-hybridized carbons (Fsp3) is 0.625. The first-order valence-electron chi connectivity index (χ1n) is 7.92. The summed E-state index contributed by atoms with van der Waals surface area (Å²) in [5.41, 5.74) is 3.25. The SMILES string of the molecule is CCN1CCC[C@H]1CNCc1cnc2c(c1)c(C)nn2C. The molecular weight excluding hydrogens is 262 g/mol. The second-order valence-electron chi connectivity index (χ2n) is 5.98. The van der Waals surface area contributed by atoms with Crippen LogP contribution in [0.15, 0.2) is 12.3 Å². The number of hydrogen-bond acceptors (Lipinski definition) is 4. The Hall–Kier alpha value is -1.46. The van der Waals surface area contributed by atoms with Gasteiger partial charge in [0.2, 0.25) is 0 Å². The summed E-state index contributed by atoms with van der Waals surface area (Å²) in [7, 11) is 1.94. The van der Waals surface area contributed by atoms with Crippen LogP contribution >= 0.6 is 0 Å². The summed E-state index contributed by atoms with van der Waals surface area (Å²) < 4.78 is 1.85. The molecule has 2 aromatic heterocycles. The molecule has 5 heteroatoms. The van der Waals surface area contributed by atoms with Gasteiger partial charge in [0, 0.05) is 37.8 Å². The smallest absolute Gasteiger partial charge is 0.157 e. The third-order valence-corrected chi connectivity index (χ3v) is 4.53. The number of fused-ring (bicyclic) bond motifs is 1. The van der Waals surface area contributed by atoms with E-state index in [9.17, 15) is 0 Å². The normalized spacial score (nSPS) is 19.7. The highest BCUT2D eigenvalue weighted by atomic mass is 15.3. The summed E-state index contributed by atoms with van der Waals surface area (Å²) in [6.07, 6.45) is 4.62. The van der Waals surface area contributed by atoms with Gasteiger partial charge in [0.25, 0.3) is 0 Å². The molecule has 0 amide bonds. The first-order chi connectivity index (χ1) is 10.2. The van der Waals surface area contributed by atoms with Crippen LogP contribution in [0.3, 0.4) is 0 Å². The Kier molecular flexibility index (Phi) is 4.22. The molecule has 3 heterocycles. The minimum absolute atomic E-state index is 0.701. The molecule has 0 radical (unpaired) electrons. The molecule has 0 unspecified atom stereocenters. The van der Waals surface area contributed by atoms with Crippen molar-refractivity contribution in [2.45, 2.75) is 39.3 Å². The number of nitrogens with zero attached hydrogens (tertiary/aromatic N) is 4. The summed E-state index contributed by atoms with van der Waals surface area (Å²) in [5, 5.41) is 9.17. The molecule has 1 atom stereocenters. The van der Waals surface area contributed by atoms with E-state index in [1.165, 1.54) is 24.9 Å². The van der Waals surface area contributed by atoms with Crippen LogP contribution in [0.4, 0.5) is 0 Å². The van der Waals surface area contributed by atoms with Crippen LogP contribution in [0, 0.1) is 6.92 Å². The predicted molar refractivity (Wildman–Crippen MR) is 85.2 cm³/mol. The highest BCUT2D eigenvalue weighted by Crippen LogP contribution is 2.17. The Morgan fingerprint density at radius 1 is 1.43 bits per heavy atom. The van der Waals surface area contributed by atoms with E-state index < -0.39 is 0 Å². The Morgan fingerprint density at radius 3 is 3.10 bits per heavy atom. The molecule has 1 saturated heterocycles. The zero-order valence-electron chi connectivity index (χ0n) is 13.3. The molecule has 0 spiro atoms. The fourth-order valence-corrected chi connectivity index (χ4v) is 3.37. The number of aryl methyl sites for hydroxylation is 2. The fourth-order valence-electron chi connectivity index (χ4n) is 3.37. The van der Waals surface area contributed by atoms with Crippen molar-refractivity contribution in [2.75, 3.05) is 19.6 Å². The van der Waals surface area contributed by atoms with Gasteiger partial charge in [-0.25, -0.2) is 4.98 Å². The number of aromatic nitrogens is 3. The standard InChI is InChI=1S/C16H25N5/c1-4-21-7-5-6-14(21)11-17-9-13-8-15-12(2)19-20(3)16(15)18-10-13/h8,10,14,17H,4-7,9,11H2,1-3H3/t14-/m0/s1. The van der Waals surface area contributed by atoms with Gasteiger partial charge in [-0.2, -0.15) is 5.10 Å². The first-order valence-corrected chi connectivity index (χ1v) is 7.92. The van der Waals surface area contributed by atoms with E-state index in [1.54, 1.807) is 0 Å². The molecule has 1 aliphatic rings. The Balaban J connectivity index is 1.62. The van der Waals surface area contributed by atoms with E-state index in [0.717, 1.165) is 36.4 Å². The van der Waals surface area contributed by atoms with Crippen molar-refractivity contribution >= 4 is 11.0 Å². The number of nitrogens with one attached hydrogen (secondary N) is 1.